The molecule has 0 fully saturated rings. The zero-order valence-electron chi connectivity index (χ0n) is 19.0. The molecule has 1 unspecified atom stereocenters. The van der Waals surface area contributed by atoms with Gasteiger partial charge in [-0.3, -0.25) is 9.59 Å². The number of methoxy groups -OCH3 is 3. The van der Waals surface area contributed by atoms with Crippen LogP contribution < -0.4 is 4.74 Å². The van der Waals surface area contributed by atoms with Gasteiger partial charge in [0.05, 0.1) is 25.5 Å². The summed E-state index contributed by atoms with van der Waals surface area (Å²) in [6, 6.07) is 13.2. The van der Waals surface area contributed by atoms with Crippen LogP contribution in [0.5, 0.6) is 5.75 Å². The van der Waals surface area contributed by atoms with Crippen LogP contribution in [0.25, 0.3) is 0 Å². The van der Waals surface area contributed by atoms with Crippen molar-refractivity contribution in [3.63, 3.8) is 0 Å². The summed E-state index contributed by atoms with van der Waals surface area (Å²) in [6.45, 7) is 0.151. The smallest absolute Gasteiger partial charge is 0.262 e. The van der Waals surface area contributed by atoms with Crippen molar-refractivity contribution in [1.29, 1.82) is 0 Å². The summed E-state index contributed by atoms with van der Waals surface area (Å²) in [5, 5.41) is 5.82. The molecule has 2 amide bonds. The number of halogens is 1. The van der Waals surface area contributed by atoms with Gasteiger partial charge in [-0.15, -0.1) is 0 Å². The lowest BCUT2D eigenvalue weighted by Gasteiger charge is -2.27. The Morgan fingerprint density at radius 2 is 1.82 bits per heavy atom. The van der Waals surface area contributed by atoms with Gasteiger partial charge < -0.3 is 19.1 Å². The Labute approximate surface area is 192 Å². The van der Waals surface area contributed by atoms with Gasteiger partial charge in [-0.05, 0) is 23.8 Å². The third-order valence-electron chi connectivity index (χ3n) is 5.36. The van der Waals surface area contributed by atoms with E-state index >= 15 is 0 Å². The van der Waals surface area contributed by atoms with Crippen LogP contribution in [0.4, 0.5) is 4.39 Å². The highest BCUT2D eigenvalue weighted by Crippen LogP contribution is 2.34. The Bertz CT molecular complexity index is 996. The van der Waals surface area contributed by atoms with Crippen LogP contribution in [0.15, 0.2) is 53.6 Å². The number of ether oxygens (including phenoxy) is 3. The molecule has 1 atom stereocenters. The first kappa shape index (κ1) is 24.3. The molecule has 2 aromatic rings. The van der Waals surface area contributed by atoms with Gasteiger partial charge in [0, 0.05) is 32.7 Å². The molecule has 0 saturated carbocycles. The van der Waals surface area contributed by atoms with Crippen molar-refractivity contribution in [2.45, 2.75) is 12.5 Å². The maximum Gasteiger partial charge on any atom is 0.262 e. The van der Waals surface area contributed by atoms with E-state index in [0.717, 1.165) is 5.56 Å². The largest absolute Gasteiger partial charge is 0.497 e. The van der Waals surface area contributed by atoms with Gasteiger partial charge in [-0.1, -0.05) is 30.3 Å². The first-order valence-electron chi connectivity index (χ1n) is 10.5. The summed E-state index contributed by atoms with van der Waals surface area (Å²) in [5.41, 5.74) is 1.64. The fraction of sp³-hybridized carbons (Fsp3) is 0.375. The van der Waals surface area contributed by atoms with E-state index in [1.165, 1.54) is 30.2 Å². The van der Waals surface area contributed by atoms with Gasteiger partial charge in [0.15, 0.2) is 0 Å². The van der Waals surface area contributed by atoms with E-state index < -0.39 is 11.9 Å². The molecule has 0 spiro atoms. The van der Waals surface area contributed by atoms with Crippen LogP contribution in [0, 0.1) is 5.82 Å². The van der Waals surface area contributed by atoms with Gasteiger partial charge in [-0.2, -0.15) is 5.10 Å². The number of hydrazone groups is 1. The van der Waals surface area contributed by atoms with E-state index in [2.05, 4.69) is 5.10 Å². The number of carbonyl (C=O) groups is 2. The lowest BCUT2D eigenvalue weighted by Crippen LogP contribution is -2.44. The average Bonchev–Trinajstić information content (AvgIpc) is 3.27. The fourth-order valence-corrected chi connectivity index (χ4v) is 3.63. The molecule has 33 heavy (non-hydrogen) atoms. The molecule has 8 nitrogen and oxygen atoms in total. The first-order chi connectivity index (χ1) is 16.0. The first-order valence-corrected chi connectivity index (χ1v) is 10.5. The van der Waals surface area contributed by atoms with Gasteiger partial charge >= 0.3 is 0 Å². The van der Waals surface area contributed by atoms with Crippen LogP contribution in [0.3, 0.4) is 0 Å². The Morgan fingerprint density at radius 3 is 2.45 bits per heavy atom. The van der Waals surface area contributed by atoms with Crippen LogP contribution in [0.2, 0.25) is 0 Å². The van der Waals surface area contributed by atoms with E-state index in [1.54, 1.807) is 37.4 Å². The van der Waals surface area contributed by atoms with Crippen molar-refractivity contribution < 1.29 is 28.2 Å². The van der Waals surface area contributed by atoms with Crippen LogP contribution >= 0.6 is 0 Å². The van der Waals surface area contributed by atoms with Crippen molar-refractivity contribution >= 4 is 17.5 Å². The minimum absolute atomic E-state index is 0.150. The molecule has 9 heteroatoms. The number of amides is 2. The summed E-state index contributed by atoms with van der Waals surface area (Å²) in [7, 11) is 4.51. The molecule has 3 rings (SSSR count). The standard InChI is InChI=1S/C24H28FN3O5/c1-31-13-12-27(24(30)16-32-2)15-23(29)28-22(17-8-10-18(33-3)11-9-17)14-21(26-28)19-6-4-5-7-20(19)25/h4-11,22H,12-16H2,1-3H3. The highest BCUT2D eigenvalue weighted by atomic mass is 19.1. The fourth-order valence-electron chi connectivity index (χ4n) is 3.63. The second-order valence-corrected chi connectivity index (χ2v) is 7.50. The van der Waals surface area contributed by atoms with Gasteiger partial charge in [-0.25, -0.2) is 9.40 Å². The van der Waals surface area contributed by atoms with E-state index in [1.807, 2.05) is 12.1 Å². The molecule has 2 aromatic carbocycles. The summed E-state index contributed by atoms with van der Waals surface area (Å²) >= 11 is 0. The molecule has 0 aliphatic carbocycles. The van der Waals surface area contributed by atoms with E-state index in [4.69, 9.17) is 14.2 Å². The van der Waals surface area contributed by atoms with Crippen LogP contribution in [0.1, 0.15) is 23.6 Å². The topological polar surface area (TPSA) is 80.7 Å². The Kier molecular flexibility index (Phi) is 8.51. The Balaban J connectivity index is 1.90. The molecule has 1 aliphatic rings. The number of rotatable bonds is 10. The summed E-state index contributed by atoms with van der Waals surface area (Å²) in [6.07, 6.45) is 0.336. The summed E-state index contributed by atoms with van der Waals surface area (Å²) in [5.74, 6) is -0.444. The lowest BCUT2D eigenvalue weighted by molar-refractivity contribution is -0.144. The lowest BCUT2D eigenvalue weighted by atomic mass is 9.98. The molecule has 0 radical (unpaired) electrons. The van der Waals surface area contributed by atoms with Crippen molar-refractivity contribution in [1.82, 2.24) is 9.91 Å². The number of benzene rings is 2. The normalized spacial score (nSPS) is 15.3. The number of hydrogen-bond donors (Lipinski definition) is 0. The quantitative estimate of drug-likeness (QED) is 0.548. The van der Waals surface area contributed by atoms with Gasteiger partial charge in [0.2, 0.25) is 5.91 Å². The van der Waals surface area contributed by atoms with Crippen molar-refractivity contribution in [2.75, 3.05) is 47.6 Å². The molecule has 1 heterocycles. The molecule has 0 N–H and O–H groups in total. The maximum absolute atomic E-state index is 14.5. The van der Waals surface area contributed by atoms with Crippen molar-refractivity contribution in [2.24, 2.45) is 5.10 Å². The van der Waals surface area contributed by atoms with E-state index in [9.17, 15) is 14.0 Å². The number of hydrogen-bond acceptors (Lipinski definition) is 6. The summed E-state index contributed by atoms with van der Waals surface area (Å²) < 4.78 is 29.7. The zero-order chi connectivity index (χ0) is 23.8. The number of carbonyl (C=O) groups excluding carboxylic acids is 2. The summed E-state index contributed by atoms with van der Waals surface area (Å²) in [4.78, 5) is 27.1. The molecule has 0 saturated heterocycles. The van der Waals surface area contributed by atoms with Crippen LogP contribution in [-0.2, 0) is 19.1 Å². The second kappa shape index (κ2) is 11.5. The van der Waals surface area contributed by atoms with Crippen molar-refractivity contribution in [3.05, 3.63) is 65.5 Å². The monoisotopic (exact) mass is 457 g/mol. The maximum atomic E-state index is 14.5. The van der Waals surface area contributed by atoms with Crippen molar-refractivity contribution in [3.8, 4) is 5.75 Å². The molecule has 0 bridgehead atoms. The minimum atomic E-state index is -0.445. The highest BCUT2D eigenvalue weighted by Gasteiger charge is 2.35. The molecule has 176 valence electrons. The molecular formula is C24H28FN3O5. The third-order valence-corrected chi connectivity index (χ3v) is 5.36. The van der Waals surface area contributed by atoms with Gasteiger partial charge in [0.1, 0.15) is 24.7 Å². The predicted molar refractivity (Wildman–Crippen MR) is 120 cm³/mol. The van der Waals surface area contributed by atoms with Gasteiger partial charge in [0.25, 0.3) is 5.91 Å². The predicted octanol–water partition coefficient (Wildman–Crippen LogP) is 2.63. The molecular weight excluding hydrogens is 429 g/mol. The minimum Gasteiger partial charge on any atom is -0.497 e. The zero-order valence-corrected chi connectivity index (χ0v) is 19.0. The Hall–Kier alpha value is -3.30. The highest BCUT2D eigenvalue weighted by molar-refractivity contribution is 6.03. The SMILES string of the molecule is COCCN(CC(=O)N1N=C(c2ccccc2F)CC1c1ccc(OC)cc1)C(=O)COC. The van der Waals surface area contributed by atoms with E-state index in [0.29, 0.717) is 23.4 Å². The average molecular weight is 458 g/mol. The molecule has 0 aromatic heterocycles. The van der Waals surface area contributed by atoms with Crippen LogP contribution in [-0.4, -0.2) is 75.1 Å². The Morgan fingerprint density at radius 1 is 1.09 bits per heavy atom. The molecule has 1 aliphatic heterocycles. The second-order valence-electron chi connectivity index (χ2n) is 7.50. The third kappa shape index (κ3) is 5.94. The van der Waals surface area contributed by atoms with E-state index in [-0.39, 0.29) is 38.1 Å². The number of nitrogens with zero attached hydrogens (tertiary/aromatic N) is 3.